The summed E-state index contributed by atoms with van der Waals surface area (Å²) in [6, 6.07) is 8.84. The van der Waals surface area contributed by atoms with Crippen LogP contribution in [0.25, 0.3) is 0 Å². The highest BCUT2D eigenvalue weighted by atomic mass is 32.2. The van der Waals surface area contributed by atoms with Gasteiger partial charge in [0.2, 0.25) is 0 Å². The minimum Gasteiger partial charge on any atom is -0.493 e. The van der Waals surface area contributed by atoms with E-state index in [2.05, 4.69) is 4.18 Å². The van der Waals surface area contributed by atoms with Crippen molar-refractivity contribution in [2.45, 2.75) is 22.8 Å². The molecule has 0 aliphatic heterocycles. The average molecular weight is 459 g/mol. The fraction of sp³-hybridized carbons (Fsp3) is 0.368. The van der Waals surface area contributed by atoms with Crippen molar-refractivity contribution in [1.29, 1.82) is 0 Å². The lowest BCUT2D eigenvalue weighted by Crippen LogP contribution is -2.12. The third-order valence-electron chi connectivity index (χ3n) is 3.71. The highest BCUT2D eigenvalue weighted by molar-refractivity contribution is 7.99. The van der Waals surface area contributed by atoms with Gasteiger partial charge in [0.15, 0.2) is 0 Å². The molecule has 0 radical (unpaired) electrons. The van der Waals surface area contributed by atoms with Crippen LogP contribution in [0.5, 0.6) is 5.75 Å². The fourth-order valence-electron chi connectivity index (χ4n) is 2.51. The molecule has 0 fully saturated rings. The van der Waals surface area contributed by atoms with Crippen molar-refractivity contribution in [2.75, 3.05) is 33.6 Å². The van der Waals surface area contributed by atoms with Crippen LogP contribution in [-0.2, 0) is 20.8 Å². The van der Waals surface area contributed by atoms with E-state index in [1.807, 2.05) is 25.1 Å². The summed E-state index contributed by atoms with van der Waals surface area (Å²) in [5, 5.41) is 11.3. The molecule has 0 unspecified atom stereocenters. The second-order valence-corrected chi connectivity index (χ2v) is 9.43. The van der Waals surface area contributed by atoms with Crippen molar-refractivity contribution in [1.82, 2.24) is 4.90 Å². The molecule has 11 heteroatoms. The van der Waals surface area contributed by atoms with E-state index in [4.69, 9.17) is 4.74 Å². The van der Waals surface area contributed by atoms with Gasteiger partial charge in [-0.3, -0.25) is 14.3 Å². The van der Waals surface area contributed by atoms with Crippen LogP contribution < -0.4 is 4.74 Å². The van der Waals surface area contributed by atoms with Gasteiger partial charge in [-0.2, -0.15) is 8.42 Å². The third-order valence-corrected chi connectivity index (χ3v) is 5.49. The Labute approximate surface area is 179 Å². The number of benzene rings is 2. The average Bonchev–Trinajstić information content (AvgIpc) is 2.63. The third kappa shape index (κ3) is 7.90. The van der Waals surface area contributed by atoms with E-state index >= 15 is 0 Å². The Balaban J connectivity index is 2.16. The molecule has 0 spiro atoms. The quantitative estimate of drug-likeness (QED) is 0.218. The summed E-state index contributed by atoms with van der Waals surface area (Å²) in [6.45, 7) is 0.865. The molecule has 0 aromatic heterocycles. The minimum absolute atomic E-state index is 0.0333. The predicted octanol–water partition coefficient (Wildman–Crippen LogP) is 3.69. The van der Waals surface area contributed by atoms with Crippen LogP contribution in [-0.4, -0.2) is 51.8 Å². The predicted molar refractivity (Wildman–Crippen MR) is 112 cm³/mol. The Hall–Kier alpha value is -2.21. The summed E-state index contributed by atoms with van der Waals surface area (Å²) in [4.78, 5) is 13.7. The number of rotatable bonds is 11. The van der Waals surface area contributed by atoms with Crippen molar-refractivity contribution in [3.8, 4) is 5.75 Å². The van der Waals surface area contributed by atoms with E-state index < -0.39 is 20.9 Å². The van der Waals surface area contributed by atoms with Crippen LogP contribution in [0, 0.1) is 15.9 Å². The van der Waals surface area contributed by atoms with Crippen molar-refractivity contribution in [3.63, 3.8) is 0 Å². The number of nitro benzene ring substituents is 1. The largest absolute Gasteiger partial charge is 0.493 e. The van der Waals surface area contributed by atoms with Crippen LogP contribution in [0.1, 0.15) is 12.0 Å². The van der Waals surface area contributed by atoms with Crippen molar-refractivity contribution in [2.24, 2.45) is 0 Å². The van der Waals surface area contributed by atoms with Gasteiger partial charge in [0.05, 0.1) is 35.4 Å². The van der Waals surface area contributed by atoms with Crippen LogP contribution in [0.3, 0.4) is 0 Å². The summed E-state index contributed by atoms with van der Waals surface area (Å²) >= 11 is 1.19. The molecular formula is C19H23FN2O6S2. The second-order valence-electron chi connectivity index (χ2n) is 6.71. The van der Waals surface area contributed by atoms with Gasteiger partial charge in [-0.05, 0) is 50.0 Å². The molecule has 0 atom stereocenters. The van der Waals surface area contributed by atoms with Gasteiger partial charge < -0.3 is 9.64 Å². The van der Waals surface area contributed by atoms with Crippen molar-refractivity contribution >= 4 is 27.6 Å². The maximum absolute atomic E-state index is 13.4. The first-order valence-electron chi connectivity index (χ1n) is 8.92. The van der Waals surface area contributed by atoms with E-state index in [0.29, 0.717) is 23.6 Å². The molecule has 0 saturated heterocycles. The zero-order chi connectivity index (χ0) is 22.3. The molecule has 0 aliphatic carbocycles. The molecule has 0 heterocycles. The molecule has 164 valence electrons. The SMILES string of the molecule is CN(C)Cc1cc(OCCCOS(C)(=O)=O)ccc1Sc1ccc(F)cc1[N+](=O)[O-]. The van der Waals surface area contributed by atoms with E-state index in [1.54, 1.807) is 12.1 Å². The van der Waals surface area contributed by atoms with Gasteiger partial charge in [0.1, 0.15) is 11.6 Å². The zero-order valence-electron chi connectivity index (χ0n) is 16.8. The second kappa shape index (κ2) is 10.7. The molecule has 0 amide bonds. The zero-order valence-corrected chi connectivity index (χ0v) is 18.5. The topological polar surface area (TPSA) is 99.0 Å². The minimum atomic E-state index is -3.47. The van der Waals surface area contributed by atoms with Gasteiger partial charge in [0, 0.05) is 17.9 Å². The molecule has 2 aromatic carbocycles. The Kier molecular flexibility index (Phi) is 8.59. The van der Waals surface area contributed by atoms with Crippen LogP contribution in [0.15, 0.2) is 46.2 Å². The lowest BCUT2D eigenvalue weighted by Gasteiger charge is -2.16. The van der Waals surface area contributed by atoms with E-state index in [-0.39, 0.29) is 18.9 Å². The maximum atomic E-state index is 13.4. The summed E-state index contributed by atoms with van der Waals surface area (Å²) in [5.74, 6) is -0.0765. The summed E-state index contributed by atoms with van der Waals surface area (Å²) in [5.41, 5.74) is 0.593. The molecule has 0 aliphatic rings. The van der Waals surface area contributed by atoms with E-state index in [1.165, 1.54) is 23.9 Å². The first-order chi connectivity index (χ1) is 14.0. The van der Waals surface area contributed by atoms with E-state index in [0.717, 1.165) is 22.8 Å². The first kappa shape index (κ1) is 24.1. The Morgan fingerprint density at radius 3 is 2.47 bits per heavy atom. The molecule has 0 saturated carbocycles. The van der Waals surface area contributed by atoms with Crippen LogP contribution >= 0.6 is 11.8 Å². The van der Waals surface area contributed by atoms with Gasteiger partial charge in [-0.15, -0.1) is 0 Å². The van der Waals surface area contributed by atoms with Gasteiger partial charge in [-0.1, -0.05) is 11.8 Å². The number of nitro groups is 1. The van der Waals surface area contributed by atoms with Crippen molar-refractivity contribution in [3.05, 3.63) is 57.9 Å². The van der Waals surface area contributed by atoms with Gasteiger partial charge in [0.25, 0.3) is 15.8 Å². The van der Waals surface area contributed by atoms with Crippen molar-refractivity contribution < 1.29 is 26.7 Å². The normalized spacial score (nSPS) is 11.6. The standard InChI is InChI=1S/C19H23FN2O6S2/c1-21(2)13-14-11-16(27-9-4-10-28-30(3,25)26)6-8-18(14)29-19-7-5-15(20)12-17(19)22(23)24/h5-8,11-12H,4,9-10,13H2,1-3H3. The number of halogens is 1. The first-order valence-corrected chi connectivity index (χ1v) is 11.5. The molecule has 0 N–H and O–H groups in total. The molecule has 0 bridgehead atoms. The number of ether oxygens (including phenoxy) is 1. The molecule has 30 heavy (non-hydrogen) atoms. The lowest BCUT2D eigenvalue weighted by atomic mass is 10.2. The number of hydrogen-bond acceptors (Lipinski definition) is 8. The van der Waals surface area contributed by atoms with Crippen LogP contribution in [0.4, 0.5) is 10.1 Å². The molecule has 2 rings (SSSR count). The monoisotopic (exact) mass is 458 g/mol. The van der Waals surface area contributed by atoms with Crippen LogP contribution in [0.2, 0.25) is 0 Å². The number of nitrogens with zero attached hydrogens (tertiary/aromatic N) is 2. The molecule has 8 nitrogen and oxygen atoms in total. The summed E-state index contributed by atoms with van der Waals surface area (Å²) < 4.78 is 45.6. The van der Waals surface area contributed by atoms with E-state index in [9.17, 15) is 22.9 Å². The van der Waals surface area contributed by atoms with Gasteiger partial charge >= 0.3 is 0 Å². The smallest absolute Gasteiger partial charge is 0.286 e. The highest BCUT2D eigenvalue weighted by Crippen LogP contribution is 2.38. The number of hydrogen-bond donors (Lipinski definition) is 0. The Morgan fingerprint density at radius 2 is 1.83 bits per heavy atom. The lowest BCUT2D eigenvalue weighted by molar-refractivity contribution is -0.387. The maximum Gasteiger partial charge on any atom is 0.286 e. The highest BCUT2D eigenvalue weighted by Gasteiger charge is 2.18. The van der Waals surface area contributed by atoms with Gasteiger partial charge in [-0.25, -0.2) is 4.39 Å². The Bertz CT molecular complexity index is 999. The summed E-state index contributed by atoms with van der Waals surface area (Å²) in [7, 11) is 0.315. The fourth-order valence-corrected chi connectivity index (χ4v) is 3.93. The molecular weight excluding hydrogens is 435 g/mol. The summed E-state index contributed by atoms with van der Waals surface area (Å²) in [6.07, 6.45) is 1.39. The molecule has 2 aromatic rings. The Morgan fingerprint density at radius 1 is 1.13 bits per heavy atom.